The number of nitrogens with zero attached hydrogens (tertiary/aromatic N) is 1. The smallest absolute Gasteiger partial charge is 0.244 e. The molecule has 6 heteroatoms. The van der Waals surface area contributed by atoms with Crippen LogP contribution < -0.4 is 10.1 Å². The van der Waals surface area contributed by atoms with Crippen molar-refractivity contribution in [2.24, 2.45) is 23.7 Å². The van der Waals surface area contributed by atoms with Gasteiger partial charge in [-0.3, -0.25) is 19.3 Å². The van der Waals surface area contributed by atoms with Crippen LogP contribution in [0.2, 0.25) is 0 Å². The molecule has 124 valence electrons. The molecule has 1 saturated heterocycles. The number of amides is 3. The lowest BCUT2D eigenvalue weighted by molar-refractivity contribution is -0.143. The fourth-order valence-electron chi connectivity index (χ4n) is 4.16. The van der Waals surface area contributed by atoms with E-state index in [0.717, 1.165) is 11.3 Å². The first kappa shape index (κ1) is 14.9. The summed E-state index contributed by atoms with van der Waals surface area (Å²) in [4.78, 5) is 38.5. The second-order valence-corrected chi connectivity index (χ2v) is 6.54. The molecule has 1 heterocycles. The fourth-order valence-corrected chi connectivity index (χ4v) is 4.16. The Kier molecular flexibility index (Phi) is 3.40. The van der Waals surface area contributed by atoms with Crippen LogP contribution in [-0.4, -0.2) is 36.3 Å². The average Bonchev–Trinajstić information content (AvgIpc) is 3.25. The second kappa shape index (κ2) is 5.47. The highest BCUT2D eigenvalue weighted by molar-refractivity contribution is 6.09. The summed E-state index contributed by atoms with van der Waals surface area (Å²) in [6.45, 7) is -0.235. The predicted octanol–water partition coefficient (Wildman–Crippen LogP) is 1.44. The number of anilines is 1. The van der Waals surface area contributed by atoms with Crippen LogP contribution in [0.3, 0.4) is 0 Å². The minimum atomic E-state index is -0.384. The van der Waals surface area contributed by atoms with Crippen LogP contribution in [0.4, 0.5) is 5.69 Å². The minimum Gasteiger partial charge on any atom is -0.497 e. The molecular weight excluding hydrogens is 308 g/mol. The zero-order valence-electron chi connectivity index (χ0n) is 13.3. The summed E-state index contributed by atoms with van der Waals surface area (Å²) in [6.07, 6.45) is 4.96. The lowest BCUT2D eigenvalue weighted by atomic mass is 9.85. The summed E-state index contributed by atoms with van der Waals surface area (Å²) in [6, 6.07) is 6.94. The molecule has 0 radical (unpaired) electrons. The van der Waals surface area contributed by atoms with Crippen molar-refractivity contribution >= 4 is 23.4 Å². The third-order valence-corrected chi connectivity index (χ3v) is 5.22. The van der Waals surface area contributed by atoms with Crippen LogP contribution in [-0.2, 0) is 14.4 Å². The van der Waals surface area contributed by atoms with Gasteiger partial charge in [0.05, 0.1) is 18.9 Å². The number of ether oxygens (including phenoxy) is 1. The maximum Gasteiger partial charge on any atom is 0.244 e. The van der Waals surface area contributed by atoms with Gasteiger partial charge in [0.25, 0.3) is 0 Å². The molecule has 4 rings (SSSR count). The number of benzene rings is 1. The van der Waals surface area contributed by atoms with E-state index in [-0.39, 0.29) is 47.9 Å². The molecule has 4 atom stereocenters. The van der Waals surface area contributed by atoms with Gasteiger partial charge in [0.2, 0.25) is 17.7 Å². The number of carbonyl (C=O) groups excluding carboxylic acids is 3. The number of imide groups is 1. The van der Waals surface area contributed by atoms with Crippen LogP contribution >= 0.6 is 0 Å². The molecular formula is C18H18N2O4. The van der Waals surface area contributed by atoms with E-state index >= 15 is 0 Å². The number of carbonyl (C=O) groups is 3. The van der Waals surface area contributed by atoms with Gasteiger partial charge in [0.1, 0.15) is 12.3 Å². The van der Waals surface area contributed by atoms with Gasteiger partial charge in [0, 0.05) is 11.8 Å². The Labute approximate surface area is 139 Å². The lowest BCUT2D eigenvalue weighted by Crippen LogP contribution is -2.39. The number of allylic oxidation sites excluding steroid dienone is 2. The topological polar surface area (TPSA) is 75.7 Å². The van der Waals surface area contributed by atoms with Crippen LogP contribution in [0.5, 0.6) is 5.75 Å². The maximum absolute atomic E-state index is 12.5. The van der Waals surface area contributed by atoms with Crippen molar-refractivity contribution in [1.82, 2.24) is 4.90 Å². The SMILES string of the molecule is COc1cccc(NC(=O)CN2C(=O)[C@H]3[C@H](C2=O)[C@H]2C=C[C@@H]3C2)c1. The highest BCUT2D eigenvalue weighted by Gasteiger charge is 2.59. The van der Waals surface area contributed by atoms with Crippen molar-refractivity contribution in [3.8, 4) is 5.75 Å². The maximum atomic E-state index is 12.5. The van der Waals surface area contributed by atoms with E-state index in [9.17, 15) is 14.4 Å². The van der Waals surface area contributed by atoms with Gasteiger partial charge in [-0.25, -0.2) is 0 Å². The number of hydrogen-bond acceptors (Lipinski definition) is 4. The lowest BCUT2D eigenvalue weighted by Gasteiger charge is -2.17. The van der Waals surface area contributed by atoms with Crippen molar-refractivity contribution in [2.45, 2.75) is 6.42 Å². The van der Waals surface area contributed by atoms with E-state index < -0.39 is 0 Å². The molecule has 1 saturated carbocycles. The summed E-state index contributed by atoms with van der Waals surface area (Å²) in [5.41, 5.74) is 0.570. The van der Waals surface area contributed by atoms with Crippen molar-refractivity contribution in [2.75, 3.05) is 19.0 Å². The highest BCUT2D eigenvalue weighted by Crippen LogP contribution is 2.52. The quantitative estimate of drug-likeness (QED) is 0.671. The second-order valence-electron chi connectivity index (χ2n) is 6.54. The molecule has 0 aromatic heterocycles. The number of methoxy groups -OCH3 is 1. The van der Waals surface area contributed by atoms with E-state index in [1.165, 1.54) is 0 Å². The van der Waals surface area contributed by atoms with Gasteiger partial charge >= 0.3 is 0 Å². The molecule has 6 nitrogen and oxygen atoms in total. The number of rotatable bonds is 4. The van der Waals surface area contributed by atoms with Gasteiger partial charge in [0.15, 0.2) is 0 Å². The highest BCUT2D eigenvalue weighted by atomic mass is 16.5. The average molecular weight is 326 g/mol. The monoisotopic (exact) mass is 326 g/mol. The van der Waals surface area contributed by atoms with Gasteiger partial charge < -0.3 is 10.1 Å². The minimum absolute atomic E-state index is 0.155. The first-order valence-electron chi connectivity index (χ1n) is 8.06. The molecule has 2 aliphatic carbocycles. The molecule has 3 amide bonds. The number of hydrogen-bond donors (Lipinski definition) is 1. The number of likely N-dealkylation sites (tertiary alicyclic amines) is 1. The van der Waals surface area contributed by atoms with E-state index in [4.69, 9.17) is 4.74 Å². The predicted molar refractivity (Wildman–Crippen MR) is 86.1 cm³/mol. The first-order chi connectivity index (χ1) is 11.6. The Morgan fingerprint density at radius 2 is 1.88 bits per heavy atom. The van der Waals surface area contributed by atoms with E-state index in [0.29, 0.717) is 11.4 Å². The summed E-state index contributed by atoms with van der Waals surface area (Å²) in [7, 11) is 1.55. The summed E-state index contributed by atoms with van der Waals surface area (Å²) < 4.78 is 5.11. The Morgan fingerprint density at radius 1 is 1.21 bits per heavy atom. The van der Waals surface area contributed by atoms with Gasteiger partial charge in [-0.15, -0.1) is 0 Å². The summed E-state index contributed by atoms with van der Waals surface area (Å²) in [5.74, 6) is -0.395. The van der Waals surface area contributed by atoms with E-state index in [2.05, 4.69) is 5.32 Å². The first-order valence-corrected chi connectivity index (χ1v) is 8.06. The zero-order chi connectivity index (χ0) is 16.8. The van der Waals surface area contributed by atoms with Crippen molar-refractivity contribution in [3.05, 3.63) is 36.4 Å². The Balaban J connectivity index is 1.45. The molecule has 24 heavy (non-hydrogen) atoms. The molecule has 0 unspecified atom stereocenters. The largest absolute Gasteiger partial charge is 0.497 e. The van der Waals surface area contributed by atoms with E-state index in [1.54, 1.807) is 31.4 Å². The summed E-state index contributed by atoms with van der Waals surface area (Å²) in [5, 5.41) is 2.71. The fraction of sp³-hybridized carbons (Fsp3) is 0.389. The van der Waals surface area contributed by atoms with Crippen molar-refractivity contribution < 1.29 is 19.1 Å². The third kappa shape index (κ3) is 2.21. The van der Waals surface area contributed by atoms with Crippen molar-refractivity contribution in [3.63, 3.8) is 0 Å². The molecule has 2 fully saturated rings. The Morgan fingerprint density at radius 3 is 2.50 bits per heavy atom. The zero-order valence-corrected chi connectivity index (χ0v) is 13.3. The van der Waals surface area contributed by atoms with Crippen molar-refractivity contribution in [1.29, 1.82) is 0 Å². The van der Waals surface area contributed by atoms with Crippen LogP contribution in [0.15, 0.2) is 36.4 Å². The molecule has 1 N–H and O–H groups in total. The molecule has 1 aromatic rings. The molecule has 1 aliphatic heterocycles. The van der Waals surface area contributed by atoms with Gasteiger partial charge in [-0.2, -0.15) is 0 Å². The van der Waals surface area contributed by atoms with Crippen LogP contribution in [0.25, 0.3) is 0 Å². The Hall–Kier alpha value is -2.63. The third-order valence-electron chi connectivity index (χ3n) is 5.22. The summed E-state index contributed by atoms with van der Waals surface area (Å²) >= 11 is 0. The van der Waals surface area contributed by atoms with Gasteiger partial charge in [-0.05, 0) is 30.4 Å². The normalized spacial score (nSPS) is 30.0. The van der Waals surface area contributed by atoms with Crippen LogP contribution in [0.1, 0.15) is 6.42 Å². The van der Waals surface area contributed by atoms with E-state index in [1.807, 2.05) is 12.2 Å². The Bertz CT molecular complexity index is 727. The molecule has 3 aliphatic rings. The molecule has 0 spiro atoms. The van der Waals surface area contributed by atoms with Gasteiger partial charge in [-0.1, -0.05) is 18.2 Å². The molecule has 2 bridgehead atoms. The number of fused-ring (bicyclic) bond motifs is 5. The van der Waals surface area contributed by atoms with Crippen LogP contribution in [0, 0.1) is 23.7 Å². The molecule has 1 aromatic carbocycles. The number of nitrogens with one attached hydrogen (secondary N) is 1. The standard InChI is InChI=1S/C18H18N2O4/c1-24-13-4-2-3-12(8-13)19-14(21)9-20-17(22)15-10-5-6-11(7-10)16(15)18(20)23/h2-6,8,10-11,15-16H,7,9H2,1H3,(H,19,21)/t10-,11+,15-,16-/m1/s1.